The van der Waals surface area contributed by atoms with Crippen LogP contribution in [0.4, 0.5) is 4.79 Å². The molecule has 1 aromatic carbocycles. The van der Waals surface area contributed by atoms with E-state index in [4.69, 9.17) is 13.6 Å². The standard InChI is InChI=1S/C17H23NO5/c1-12(19)14(18-16(21)23-17(2,3)4)10-15(20)22-11-13-8-6-5-7-9-13/h5-9,14,19H,1,10-11H2,2-4H3,(H,18,21)/t14-/m1/s1/i10D2,14D. The molecule has 2 N–H and O–H groups in total. The topological polar surface area (TPSA) is 84.9 Å². The van der Waals surface area contributed by atoms with Crippen LogP contribution in [0.2, 0.25) is 0 Å². The molecule has 23 heavy (non-hydrogen) atoms. The third-order valence-electron chi connectivity index (χ3n) is 2.35. The Hall–Kier alpha value is -2.50. The number of benzene rings is 1. The maximum Gasteiger partial charge on any atom is 0.408 e. The molecule has 126 valence electrons. The Bertz CT molecular complexity index is 673. The summed E-state index contributed by atoms with van der Waals surface area (Å²) in [5, 5.41) is 11.5. The van der Waals surface area contributed by atoms with Crippen LogP contribution in [-0.2, 0) is 20.9 Å². The Morgan fingerprint density at radius 3 is 2.52 bits per heavy atom. The van der Waals surface area contributed by atoms with Gasteiger partial charge >= 0.3 is 12.1 Å². The first kappa shape index (κ1) is 14.1. The van der Waals surface area contributed by atoms with Crippen LogP contribution in [0.3, 0.4) is 0 Å². The van der Waals surface area contributed by atoms with Crippen molar-refractivity contribution in [2.75, 3.05) is 0 Å². The van der Waals surface area contributed by atoms with Gasteiger partial charge in [0.05, 0.1) is 13.8 Å². The lowest BCUT2D eigenvalue weighted by Gasteiger charge is -2.22. The van der Waals surface area contributed by atoms with E-state index >= 15 is 0 Å². The smallest absolute Gasteiger partial charge is 0.408 e. The molecule has 0 heterocycles. The van der Waals surface area contributed by atoms with E-state index in [1.54, 1.807) is 51.1 Å². The van der Waals surface area contributed by atoms with Crippen molar-refractivity contribution in [3.63, 3.8) is 0 Å². The van der Waals surface area contributed by atoms with Crippen LogP contribution in [0.5, 0.6) is 0 Å². The number of aliphatic hydroxyl groups excluding tert-OH is 1. The van der Waals surface area contributed by atoms with Crippen LogP contribution in [0.25, 0.3) is 0 Å². The summed E-state index contributed by atoms with van der Waals surface area (Å²) in [4.78, 5) is 24.1. The number of alkyl carbamates (subject to hydrolysis) is 1. The van der Waals surface area contributed by atoms with Gasteiger partial charge in [-0.2, -0.15) is 0 Å². The Morgan fingerprint density at radius 1 is 1.39 bits per heavy atom. The maximum atomic E-state index is 12.2. The molecule has 0 radical (unpaired) electrons. The number of carbonyl (C=O) groups excluding carboxylic acids is 2. The van der Waals surface area contributed by atoms with Crippen LogP contribution in [0, 0.1) is 0 Å². The first-order valence-corrected chi connectivity index (χ1v) is 6.90. The normalized spacial score (nSPS) is 16.0. The van der Waals surface area contributed by atoms with Crippen LogP contribution >= 0.6 is 0 Å². The molecule has 0 aromatic heterocycles. The molecule has 1 aromatic rings. The van der Waals surface area contributed by atoms with Gasteiger partial charge in [0.2, 0.25) is 0 Å². The van der Waals surface area contributed by atoms with Crippen LogP contribution < -0.4 is 5.32 Å². The van der Waals surface area contributed by atoms with E-state index in [1.807, 2.05) is 5.32 Å². The molecule has 0 aliphatic heterocycles. The molecule has 0 unspecified atom stereocenters. The summed E-state index contributed by atoms with van der Waals surface area (Å²) in [6, 6.07) is 5.63. The number of amides is 1. The fourth-order valence-electron chi connectivity index (χ4n) is 1.44. The van der Waals surface area contributed by atoms with E-state index < -0.39 is 35.8 Å². The second-order valence-electron chi connectivity index (χ2n) is 5.64. The van der Waals surface area contributed by atoms with Gasteiger partial charge in [-0.3, -0.25) is 4.79 Å². The van der Waals surface area contributed by atoms with Crippen molar-refractivity contribution in [3.05, 3.63) is 48.2 Å². The van der Waals surface area contributed by atoms with Crippen molar-refractivity contribution >= 4 is 12.1 Å². The summed E-state index contributed by atoms with van der Waals surface area (Å²) >= 11 is 0. The molecule has 0 saturated carbocycles. The molecule has 1 amide bonds. The zero-order chi connectivity index (χ0) is 20.2. The van der Waals surface area contributed by atoms with E-state index in [0.717, 1.165) is 0 Å². The largest absolute Gasteiger partial charge is 0.511 e. The summed E-state index contributed by atoms with van der Waals surface area (Å²) in [7, 11) is 0. The number of aliphatic hydroxyl groups is 1. The second kappa shape index (κ2) is 8.22. The summed E-state index contributed by atoms with van der Waals surface area (Å²) in [6.07, 6.45) is -4.33. The third kappa shape index (κ3) is 7.90. The minimum Gasteiger partial charge on any atom is -0.511 e. The zero-order valence-corrected chi connectivity index (χ0v) is 13.4. The fourth-order valence-corrected chi connectivity index (χ4v) is 1.44. The Labute approximate surface area is 140 Å². The SMILES string of the molecule is [2H]C([2H])(C(=O)OCc1ccccc1)[C@@]([2H])(NC(=O)OC(C)(C)C)C(=C)O. The van der Waals surface area contributed by atoms with Crippen molar-refractivity contribution in [2.45, 2.75) is 45.4 Å². The predicted octanol–water partition coefficient (Wildman–Crippen LogP) is 3.08. The molecule has 0 aliphatic rings. The number of ether oxygens (including phenoxy) is 2. The average molecular weight is 324 g/mol. The summed E-state index contributed by atoms with van der Waals surface area (Å²) in [5.41, 5.74) is -0.322. The highest BCUT2D eigenvalue weighted by atomic mass is 16.6. The first-order chi connectivity index (χ1) is 11.8. The number of hydrogen-bond acceptors (Lipinski definition) is 5. The lowest BCUT2D eigenvalue weighted by Crippen LogP contribution is -2.41. The van der Waals surface area contributed by atoms with E-state index in [2.05, 4.69) is 6.58 Å². The van der Waals surface area contributed by atoms with Gasteiger partial charge in [-0.1, -0.05) is 36.9 Å². The zero-order valence-electron chi connectivity index (χ0n) is 16.4. The Morgan fingerprint density at radius 2 is 2.00 bits per heavy atom. The fraction of sp³-hybridized carbons (Fsp3) is 0.412. The van der Waals surface area contributed by atoms with Crippen molar-refractivity contribution in [2.24, 2.45) is 0 Å². The predicted molar refractivity (Wildman–Crippen MR) is 85.8 cm³/mol. The van der Waals surface area contributed by atoms with Gasteiger partial charge in [0, 0.05) is 2.74 Å². The molecule has 0 saturated heterocycles. The lowest BCUT2D eigenvalue weighted by molar-refractivity contribution is -0.145. The average Bonchev–Trinajstić information content (AvgIpc) is 2.51. The Kier molecular flexibility index (Phi) is 5.04. The van der Waals surface area contributed by atoms with Crippen LogP contribution in [-0.4, -0.2) is 28.8 Å². The number of esters is 1. The highest BCUT2D eigenvalue weighted by Gasteiger charge is 2.23. The van der Waals surface area contributed by atoms with E-state index in [9.17, 15) is 14.7 Å². The van der Waals surface area contributed by atoms with Gasteiger partial charge < -0.3 is 19.9 Å². The van der Waals surface area contributed by atoms with Gasteiger partial charge in [-0.15, -0.1) is 0 Å². The van der Waals surface area contributed by atoms with Crippen molar-refractivity contribution < 1.29 is 28.3 Å². The quantitative estimate of drug-likeness (QED) is 0.620. The molecular weight excluding hydrogens is 298 g/mol. The van der Waals surface area contributed by atoms with Gasteiger partial charge in [0.25, 0.3) is 0 Å². The number of hydrogen-bond donors (Lipinski definition) is 2. The highest BCUT2D eigenvalue weighted by molar-refractivity contribution is 5.73. The maximum absolute atomic E-state index is 12.2. The lowest BCUT2D eigenvalue weighted by atomic mass is 10.2. The van der Waals surface area contributed by atoms with E-state index in [0.29, 0.717) is 5.56 Å². The minimum absolute atomic E-state index is 0.237. The second-order valence-corrected chi connectivity index (χ2v) is 5.64. The van der Waals surface area contributed by atoms with Gasteiger partial charge in [-0.25, -0.2) is 4.79 Å². The molecule has 6 heteroatoms. The van der Waals surface area contributed by atoms with Crippen LogP contribution in [0.15, 0.2) is 42.7 Å². The molecule has 0 aliphatic carbocycles. The molecule has 1 atom stereocenters. The molecule has 0 spiro atoms. The first-order valence-electron chi connectivity index (χ1n) is 8.40. The van der Waals surface area contributed by atoms with Gasteiger partial charge in [0.1, 0.15) is 18.0 Å². The Balaban J connectivity index is 2.95. The number of rotatable bonds is 6. The van der Waals surface area contributed by atoms with Crippen molar-refractivity contribution in [1.29, 1.82) is 0 Å². The molecule has 0 bridgehead atoms. The van der Waals surface area contributed by atoms with E-state index in [1.165, 1.54) is 0 Å². The summed E-state index contributed by atoms with van der Waals surface area (Å²) in [5.74, 6) is -2.52. The summed E-state index contributed by atoms with van der Waals surface area (Å²) < 4.78 is 33.8. The molecule has 0 fully saturated rings. The van der Waals surface area contributed by atoms with Crippen molar-refractivity contribution in [1.82, 2.24) is 5.32 Å². The van der Waals surface area contributed by atoms with Gasteiger partial charge in [0.15, 0.2) is 0 Å². The number of nitrogens with one attached hydrogen (secondary N) is 1. The monoisotopic (exact) mass is 324 g/mol. The highest BCUT2D eigenvalue weighted by Crippen LogP contribution is 2.10. The summed E-state index contributed by atoms with van der Waals surface area (Å²) in [6.45, 7) is 7.55. The number of carbonyl (C=O) groups is 2. The third-order valence-corrected chi connectivity index (χ3v) is 2.35. The molecule has 6 nitrogen and oxygen atoms in total. The van der Waals surface area contributed by atoms with Gasteiger partial charge in [-0.05, 0) is 26.3 Å². The molecule has 1 rings (SSSR count). The minimum atomic E-state index is -3.13. The molecular formula is C17H23NO5. The van der Waals surface area contributed by atoms with Crippen molar-refractivity contribution in [3.8, 4) is 0 Å². The van der Waals surface area contributed by atoms with E-state index in [-0.39, 0.29) is 6.61 Å². The van der Waals surface area contributed by atoms with Crippen LogP contribution in [0.1, 0.15) is 36.8 Å².